The van der Waals surface area contributed by atoms with Crippen molar-refractivity contribution in [3.05, 3.63) is 42.4 Å². The molecule has 0 spiro atoms. The van der Waals surface area contributed by atoms with Gasteiger partial charge >= 0.3 is 0 Å². The first-order valence-electron chi connectivity index (χ1n) is 6.57. The third kappa shape index (κ3) is 2.03. The number of ether oxygens (including phenoxy) is 1. The van der Waals surface area contributed by atoms with Gasteiger partial charge in [-0.3, -0.25) is 4.98 Å². The quantitative estimate of drug-likeness (QED) is 0.719. The number of methoxy groups -OCH3 is 1. The average Bonchev–Trinajstić information content (AvgIpc) is 2.90. The van der Waals surface area contributed by atoms with Crippen molar-refractivity contribution < 1.29 is 9.15 Å². The topological polar surface area (TPSA) is 48.2 Å². The van der Waals surface area contributed by atoms with Gasteiger partial charge in [0.1, 0.15) is 5.76 Å². The first-order valence-corrected chi connectivity index (χ1v) is 6.57. The number of nitrogens with zero attached hydrogens (tertiary/aromatic N) is 2. The van der Waals surface area contributed by atoms with E-state index in [1.807, 2.05) is 30.6 Å². The summed E-state index contributed by atoms with van der Waals surface area (Å²) in [6, 6.07) is 5.95. The Bertz CT molecular complexity index is 747. The van der Waals surface area contributed by atoms with Crippen LogP contribution in [0.15, 0.2) is 41.2 Å². The predicted octanol–water partition coefficient (Wildman–Crippen LogP) is 4.02. The Morgan fingerprint density at radius 3 is 2.80 bits per heavy atom. The highest BCUT2D eigenvalue weighted by Crippen LogP contribution is 2.35. The van der Waals surface area contributed by atoms with Crippen LogP contribution < -0.4 is 4.74 Å². The Labute approximate surface area is 117 Å². The third-order valence-corrected chi connectivity index (χ3v) is 3.34. The van der Waals surface area contributed by atoms with Crippen molar-refractivity contribution in [3.8, 4) is 17.2 Å². The number of hydrogen-bond donors (Lipinski definition) is 0. The second-order valence-corrected chi connectivity index (χ2v) is 4.97. The summed E-state index contributed by atoms with van der Waals surface area (Å²) in [7, 11) is 1.59. The van der Waals surface area contributed by atoms with E-state index >= 15 is 0 Å². The van der Waals surface area contributed by atoms with E-state index in [4.69, 9.17) is 9.15 Å². The summed E-state index contributed by atoms with van der Waals surface area (Å²) in [4.78, 5) is 8.37. The minimum Gasteiger partial charge on any atom is -0.478 e. The molecule has 0 radical (unpaired) electrons. The fourth-order valence-corrected chi connectivity index (χ4v) is 2.33. The zero-order valence-corrected chi connectivity index (χ0v) is 11.8. The first-order chi connectivity index (χ1) is 9.70. The van der Waals surface area contributed by atoms with Crippen molar-refractivity contribution in [1.82, 2.24) is 9.97 Å². The van der Waals surface area contributed by atoms with E-state index in [1.54, 1.807) is 13.3 Å². The van der Waals surface area contributed by atoms with Crippen molar-refractivity contribution in [1.29, 1.82) is 0 Å². The Hall–Kier alpha value is -2.36. The van der Waals surface area contributed by atoms with Gasteiger partial charge in [0.25, 0.3) is 5.88 Å². The van der Waals surface area contributed by atoms with E-state index in [9.17, 15) is 0 Å². The molecule has 0 N–H and O–H groups in total. The van der Waals surface area contributed by atoms with E-state index in [-0.39, 0.29) is 0 Å². The SMILES string of the molecule is COc1nccc2cc(-c3cnccc3C(C)C)oc12. The van der Waals surface area contributed by atoms with Gasteiger partial charge in [-0.15, -0.1) is 0 Å². The Kier molecular flexibility index (Phi) is 3.14. The lowest BCUT2D eigenvalue weighted by Gasteiger charge is -2.09. The maximum atomic E-state index is 5.94. The molecule has 3 aromatic rings. The fraction of sp³-hybridized carbons (Fsp3) is 0.250. The minimum atomic E-state index is 0.404. The molecule has 0 bridgehead atoms. The number of furan rings is 1. The van der Waals surface area contributed by atoms with Gasteiger partial charge < -0.3 is 9.15 Å². The van der Waals surface area contributed by atoms with Gasteiger partial charge in [0.15, 0.2) is 5.58 Å². The smallest absolute Gasteiger partial charge is 0.258 e. The average molecular weight is 268 g/mol. The van der Waals surface area contributed by atoms with Gasteiger partial charge in [0.2, 0.25) is 0 Å². The van der Waals surface area contributed by atoms with E-state index in [2.05, 4.69) is 23.8 Å². The Balaban J connectivity index is 2.21. The monoisotopic (exact) mass is 268 g/mol. The molecule has 0 saturated carbocycles. The standard InChI is InChI=1S/C16H16N2O2/c1-10(2)12-5-6-17-9-13(12)14-8-11-4-7-18-16(19-3)15(11)20-14/h4-10H,1-3H3. The van der Waals surface area contributed by atoms with Gasteiger partial charge in [0, 0.05) is 29.5 Å². The molecule has 0 atom stereocenters. The van der Waals surface area contributed by atoms with Crippen molar-refractivity contribution >= 4 is 11.0 Å². The first kappa shape index (κ1) is 12.7. The van der Waals surface area contributed by atoms with E-state index < -0.39 is 0 Å². The maximum absolute atomic E-state index is 5.94. The van der Waals surface area contributed by atoms with Crippen LogP contribution in [0.2, 0.25) is 0 Å². The molecule has 0 aliphatic carbocycles. The van der Waals surface area contributed by atoms with Crippen molar-refractivity contribution in [2.75, 3.05) is 7.11 Å². The van der Waals surface area contributed by atoms with Crippen molar-refractivity contribution in [3.63, 3.8) is 0 Å². The lowest BCUT2D eigenvalue weighted by molar-refractivity contribution is 0.394. The summed E-state index contributed by atoms with van der Waals surface area (Å²) in [5.74, 6) is 1.70. The zero-order valence-electron chi connectivity index (χ0n) is 11.8. The molecule has 0 amide bonds. The molecular formula is C16H16N2O2. The van der Waals surface area contributed by atoms with Crippen LogP contribution in [0.4, 0.5) is 0 Å². The Morgan fingerprint density at radius 2 is 2.05 bits per heavy atom. The van der Waals surface area contributed by atoms with Crippen LogP contribution in [0, 0.1) is 0 Å². The van der Waals surface area contributed by atoms with Gasteiger partial charge in [-0.1, -0.05) is 13.8 Å². The molecule has 0 aliphatic rings. The molecule has 0 aromatic carbocycles. The number of hydrogen-bond acceptors (Lipinski definition) is 4. The highest BCUT2D eigenvalue weighted by Gasteiger charge is 2.15. The largest absolute Gasteiger partial charge is 0.478 e. The van der Waals surface area contributed by atoms with Gasteiger partial charge in [0.05, 0.1) is 7.11 Å². The van der Waals surface area contributed by atoms with Crippen LogP contribution >= 0.6 is 0 Å². The van der Waals surface area contributed by atoms with Gasteiger partial charge in [-0.2, -0.15) is 0 Å². The van der Waals surface area contributed by atoms with Gasteiger partial charge in [-0.05, 0) is 29.7 Å². The number of fused-ring (bicyclic) bond motifs is 1. The van der Waals surface area contributed by atoms with Crippen molar-refractivity contribution in [2.45, 2.75) is 19.8 Å². The minimum absolute atomic E-state index is 0.404. The summed E-state index contributed by atoms with van der Waals surface area (Å²) in [6.07, 6.45) is 5.36. The highest BCUT2D eigenvalue weighted by molar-refractivity contribution is 5.86. The molecule has 0 fully saturated rings. The summed E-state index contributed by atoms with van der Waals surface area (Å²) in [5.41, 5.74) is 2.90. The molecule has 0 aliphatic heterocycles. The van der Waals surface area contributed by atoms with Crippen LogP contribution in [0.1, 0.15) is 25.3 Å². The highest BCUT2D eigenvalue weighted by atomic mass is 16.5. The molecule has 4 nitrogen and oxygen atoms in total. The van der Waals surface area contributed by atoms with Crippen LogP contribution in [0.25, 0.3) is 22.3 Å². The van der Waals surface area contributed by atoms with Crippen LogP contribution in [0.3, 0.4) is 0 Å². The lowest BCUT2D eigenvalue weighted by atomic mass is 9.98. The summed E-state index contributed by atoms with van der Waals surface area (Å²) in [5, 5.41) is 0.977. The molecule has 3 heterocycles. The summed E-state index contributed by atoms with van der Waals surface area (Å²) < 4.78 is 11.2. The second-order valence-electron chi connectivity index (χ2n) is 4.97. The van der Waals surface area contributed by atoms with Crippen molar-refractivity contribution in [2.24, 2.45) is 0 Å². The molecule has 0 unspecified atom stereocenters. The van der Waals surface area contributed by atoms with Crippen LogP contribution in [-0.4, -0.2) is 17.1 Å². The third-order valence-electron chi connectivity index (χ3n) is 3.34. The second kappa shape index (κ2) is 4.96. The normalized spacial score (nSPS) is 11.2. The number of aromatic nitrogens is 2. The van der Waals surface area contributed by atoms with Crippen LogP contribution in [-0.2, 0) is 0 Å². The number of rotatable bonds is 3. The van der Waals surface area contributed by atoms with Crippen LogP contribution in [0.5, 0.6) is 5.88 Å². The molecule has 4 heteroatoms. The Morgan fingerprint density at radius 1 is 1.20 bits per heavy atom. The predicted molar refractivity (Wildman–Crippen MR) is 77.9 cm³/mol. The van der Waals surface area contributed by atoms with Gasteiger partial charge in [-0.25, -0.2) is 4.98 Å². The fourth-order valence-electron chi connectivity index (χ4n) is 2.33. The summed E-state index contributed by atoms with van der Waals surface area (Å²) in [6.45, 7) is 4.31. The molecule has 0 saturated heterocycles. The number of pyridine rings is 2. The molecule has 20 heavy (non-hydrogen) atoms. The van der Waals surface area contributed by atoms with E-state index in [1.165, 1.54) is 5.56 Å². The zero-order chi connectivity index (χ0) is 14.1. The lowest BCUT2D eigenvalue weighted by Crippen LogP contribution is -1.92. The molecule has 3 rings (SSSR count). The molecule has 102 valence electrons. The van der Waals surface area contributed by atoms with E-state index in [0.717, 1.165) is 16.7 Å². The maximum Gasteiger partial charge on any atom is 0.258 e. The molecular weight excluding hydrogens is 252 g/mol. The summed E-state index contributed by atoms with van der Waals surface area (Å²) >= 11 is 0. The van der Waals surface area contributed by atoms with E-state index in [0.29, 0.717) is 17.4 Å². The molecule has 3 aromatic heterocycles.